The van der Waals surface area contributed by atoms with Crippen LogP contribution in [0, 0.1) is 0 Å². The van der Waals surface area contributed by atoms with E-state index in [-0.39, 0.29) is 0 Å². The van der Waals surface area contributed by atoms with E-state index in [4.69, 9.17) is 5.84 Å². The average molecular weight is 328 g/mol. The smallest absolute Gasteiger partial charge is 0.0410 e. The zero-order valence-electron chi connectivity index (χ0n) is 11.9. The summed E-state index contributed by atoms with van der Waals surface area (Å²) in [6.45, 7) is 2.25. The van der Waals surface area contributed by atoms with Crippen molar-refractivity contribution in [1.82, 2.24) is 10.4 Å². The highest BCUT2D eigenvalue weighted by Crippen LogP contribution is 2.14. The predicted molar refractivity (Wildman–Crippen MR) is 84.7 cm³/mol. The summed E-state index contributed by atoms with van der Waals surface area (Å²) in [7, 11) is 0. The molecule has 0 amide bonds. The van der Waals surface area contributed by atoms with E-state index in [0.29, 0.717) is 6.04 Å². The molecule has 3 nitrogen and oxygen atoms in total. The lowest BCUT2D eigenvalue weighted by Crippen LogP contribution is -2.36. The second-order valence-corrected chi connectivity index (χ2v) is 6.05. The number of rotatable bonds is 10. The summed E-state index contributed by atoms with van der Waals surface area (Å²) in [5.74, 6) is 5.64. The first-order valence-corrected chi connectivity index (χ1v) is 8.11. The lowest BCUT2D eigenvalue weighted by molar-refractivity contribution is 0.459. The highest BCUT2D eigenvalue weighted by Gasteiger charge is 2.08. The molecule has 0 aliphatic heterocycles. The second-order valence-electron chi connectivity index (χ2n) is 5.14. The van der Waals surface area contributed by atoms with Gasteiger partial charge in [0.05, 0.1) is 0 Å². The predicted octanol–water partition coefficient (Wildman–Crippen LogP) is 3.97. The van der Waals surface area contributed by atoms with Crippen molar-refractivity contribution < 1.29 is 0 Å². The van der Waals surface area contributed by atoms with Gasteiger partial charge in [-0.2, -0.15) is 0 Å². The van der Waals surface area contributed by atoms with Crippen molar-refractivity contribution in [2.75, 3.05) is 0 Å². The zero-order chi connectivity index (χ0) is 13.9. The van der Waals surface area contributed by atoms with Gasteiger partial charge in [-0.25, -0.2) is 0 Å². The standard InChI is InChI=1S/C15H26BrN3/c1-2-3-4-5-6-7-8-15(19-17)10-13-9-14(16)12-18-11-13/h9,11-12,15,19H,2-8,10,17H2,1H3. The molecule has 0 fully saturated rings. The second kappa shape index (κ2) is 10.4. The van der Waals surface area contributed by atoms with Crippen LogP contribution in [0.15, 0.2) is 22.9 Å². The summed E-state index contributed by atoms with van der Waals surface area (Å²) in [5, 5.41) is 0. The molecule has 0 saturated carbocycles. The number of hydrogen-bond donors (Lipinski definition) is 2. The Morgan fingerprint density at radius 2 is 1.95 bits per heavy atom. The molecule has 108 valence electrons. The van der Waals surface area contributed by atoms with Gasteiger partial charge in [0.15, 0.2) is 0 Å². The molecule has 0 aromatic carbocycles. The molecule has 4 heteroatoms. The first kappa shape index (κ1) is 16.6. The van der Waals surface area contributed by atoms with Crippen LogP contribution < -0.4 is 11.3 Å². The molecular weight excluding hydrogens is 302 g/mol. The van der Waals surface area contributed by atoms with Gasteiger partial charge in [0, 0.05) is 22.9 Å². The van der Waals surface area contributed by atoms with Crippen LogP contribution in [0.25, 0.3) is 0 Å². The number of hydrazine groups is 1. The molecule has 19 heavy (non-hydrogen) atoms. The van der Waals surface area contributed by atoms with Gasteiger partial charge in [-0.15, -0.1) is 0 Å². The molecule has 1 aromatic heterocycles. The molecule has 0 aliphatic rings. The summed E-state index contributed by atoms with van der Waals surface area (Å²) in [6, 6.07) is 2.46. The Morgan fingerprint density at radius 1 is 1.21 bits per heavy atom. The lowest BCUT2D eigenvalue weighted by atomic mass is 10.0. The minimum atomic E-state index is 0.349. The highest BCUT2D eigenvalue weighted by molar-refractivity contribution is 9.10. The van der Waals surface area contributed by atoms with Crippen molar-refractivity contribution in [3.63, 3.8) is 0 Å². The fourth-order valence-electron chi connectivity index (χ4n) is 2.27. The lowest BCUT2D eigenvalue weighted by Gasteiger charge is -2.15. The van der Waals surface area contributed by atoms with Crippen LogP contribution in [0.5, 0.6) is 0 Å². The Morgan fingerprint density at radius 3 is 2.63 bits per heavy atom. The van der Waals surface area contributed by atoms with Crippen molar-refractivity contribution in [2.45, 2.75) is 64.3 Å². The number of nitrogens with zero attached hydrogens (tertiary/aromatic N) is 1. The fraction of sp³-hybridized carbons (Fsp3) is 0.667. The largest absolute Gasteiger partial charge is 0.271 e. The van der Waals surface area contributed by atoms with Gasteiger partial charge in [-0.1, -0.05) is 45.4 Å². The number of pyridine rings is 1. The zero-order valence-corrected chi connectivity index (χ0v) is 13.5. The Labute approximate surface area is 125 Å². The van der Waals surface area contributed by atoms with E-state index in [1.54, 1.807) is 0 Å². The molecule has 1 rings (SSSR count). The highest BCUT2D eigenvalue weighted by atomic mass is 79.9. The minimum absolute atomic E-state index is 0.349. The molecule has 0 aliphatic carbocycles. The molecule has 1 atom stereocenters. The normalized spacial score (nSPS) is 12.6. The third-order valence-corrected chi connectivity index (χ3v) is 3.82. The van der Waals surface area contributed by atoms with Gasteiger partial charge in [0.25, 0.3) is 0 Å². The molecule has 3 N–H and O–H groups in total. The van der Waals surface area contributed by atoms with Crippen LogP contribution in [-0.2, 0) is 6.42 Å². The van der Waals surface area contributed by atoms with Crippen LogP contribution in [0.1, 0.15) is 57.4 Å². The van der Waals surface area contributed by atoms with E-state index in [2.05, 4.69) is 39.3 Å². The van der Waals surface area contributed by atoms with Gasteiger partial charge in [0.2, 0.25) is 0 Å². The van der Waals surface area contributed by atoms with Crippen molar-refractivity contribution in [1.29, 1.82) is 0 Å². The minimum Gasteiger partial charge on any atom is -0.271 e. The maximum Gasteiger partial charge on any atom is 0.0410 e. The maximum atomic E-state index is 5.64. The quantitative estimate of drug-likeness (QED) is 0.388. The summed E-state index contributed by atoms with van der Waals surface area (Å²) in [6.07, 6.45) is 13.8. The fourth-order valence-corrected chi connectivity index (χ4v) is 2.68. The molecule has 1 unspecified atom stereocenters. The number of halogens is 1. The molecular formula is C15H26BrN3. The molecule has 0 radical (unpaired) electrons. The van der Waals surface area contributed by atoms with E-state index in [9.17, 15) is 0 Å². The Balaban J connectivity index is 2.22. The van der Waals surface area contributed by atoms with E-state index in [1.165, 1.54) is 44.1 Å². The average Bonchev–Trinajstić information content (AvgIpc) is 2.41. The van der Waals surface area contributed by atoms with E-state index in [0.717, 1.165) is 17.3 Å². The molecule has 1 heterocycles. The van der Waals surface area contributed by atoms with Crippen molar-refractivity contribution in [3.05, 3.63) is 28.5 Å². The molecule has 0 saturated heterocycles. The SMILES string of the molecule is CCCCCCCCC(Cc1cncc(Br)c1)NN. The van der Waals surface area contributed by atoms with Crippen molar-refractivity contribution in [3.8, 4) is 0 Å². The summed E-state index contributed by atoms with van der Waals surface area (Å²) in [5.41, 5.74) is 4.15. The monoisotopic (exact) mass is 327 g/mol. The Bertz CT molecular complexity index is 344. The van der Waals surface area contributed by atoms with E-state index in [1.807, 2.05) is 12.4 Å². The Hall–Kier alpha value is -0.450. The van der Waals surface area contributed by atoms with Crippen LogP contribution in [0.3, 0.4) is 0 Å². The van der Waals surface area contributed by atoms with Crippen molar-refractivity contribution >= 4 is 15.9 Å². The summed E-state index contributed by atoms with van der Waals surface area (Å²) in [4.78, 5) is 4.19. The molecule has 1 aromatic rings. The van der Waals surface area contributed by atoms with Crippen molar-refractivity contribution in [2.24, 2.45) is 5.84 Å². The third kappa shape index (κ3) is 7.65. The van der Waals surface area contributed by atoms with Gasteiger partial charge < -0.3 is 0 Å². The van der Waals surface area contributed by atoms with E-state index >= 15 is 0 Å². The number of aromatic nitrogens is 1. The van der Waals surface area contributed by atoms with Crippen LogP contribution in [0.2, 0.25) is 0 Å². The van der Waals surface area contributed by atoms with Gasteiger partial charge in [-0.3, -0.25) is 16.3 Å². The summed E-state index contributed by atoms with van der Waals surface area (Å²) < 4.78 is 1.03. The number of nitrogens with two attached hydrogens (primary N) is 1. The maximum absolute atomic E-state index is 5.64. The Kier molecular flexibility index (Phi) is 9.05. The van der Waals surface area contributed by atoms with Crippen LogP contribution in [-0.4, -0.2) is 11.0 Å². The van der Waals surface area contributed by atoms with Gasteiger partial charge in [-0.05, 0) is 40.4 Å². The van der Waals surface area contributed by atoms with Crippen LogP contribution >= 0.6 is 15.9 Å². The first-order valence-electron chi connectivity index (χ1n) is 7.31. The van der Waals surface area contributed by atoms with E-state index < -0.39 is 0 Å². The van der Waals surface area contributed by atoms with Crippen LogP contribution in [0.4, 0.5) is 0 Å². The van der Waals surface area contributed by atoms with Gasteiger partial charge >= 0.3 is 0 Å². The van der Waals surface area contributed by atoms with Gasteiger partial charge in [0.1, 0.15) is 0 Å². The third-order valence-electron chi connectivity index (χ3n) is 3.39. The molecule has 0 spiro atoms. The molecule has 0 bridgehead atoms. The topological polar surface area (TPSA) is 50.9 Å². The number of unbranched alkanes of at least 4 members (excludes halogenated alkanes) is 5. The first-order chi connectivity index (χ1) is 9.26. The number of hydrogen-bond acceptors (Lipinski definition) is 3. The summed E-state index contributed by atoms with van der Waals surface area (Å²) >= 11 is 3.45. The number of nitrogens with one attached hydrogen (secondary N) is 1.